The fourth-order valence-corrected chi connectivity index (χ4v) is 5.16. The van der Waals surface area contributed by atoms with Crippen molar-refractivity contribution in [2.45, 2.75) is 24.8 Å². The predicted octanol–water partition coefficient (Wildman–Crippen LogP) is 3.16. The van der Waals surface area contributed by atoms with Gasteiger partial charge in [0.25, 0.3) is 5.78 Å². The number of phenolic OH excluding ortho intramolecular Hbond substituents is 1. The summed E-state index contributed by atoms with van der Waals surface area (Å²) in [5.41, 5.74) is -0.161. The van der Waals surface area contributed by atoms with Crippen molar-refractivity contribution in [3.8, 4) is 17.0 Å². The molecule has 37 heavy (non-hydrogen) atoms. The number of halogens is 3. The summed E-state index contributed by atoms with van der Waals surface area (Å²) in [6, 6.07) is 3.23. The second kappa shape index (κ2) is 11.1. The van der Waals surface area contributed by atoms with Gasteiger partial charge in [0.15, 0.2) is 0 Å². The van der Waals surface area contributed by atoms with Crippen LogP contribution in [-0.2, 0) is 11.0 Å². The molecule has 2 aliphatic rings. The van der Waals surface area contributed by atoms with Crippen molar-refractivity contribution in [1.82, 2.24) is 29.4 Å². The van der Waals surface area contributed by atoms with Gasteiger partial charge in [-0.25, -0.2) is 9.50 Å². The highest BCUT2D eigenvalue weighted by Crippen LogP contribution is 2.38. The molecular formula is C24H30F3N7O2S. The summed E-state index contributed by atoms with van der Waals surface area (Å²) < 4.78 is 40.3. The quantitative estimate of drug-likeness (QED) is 0.508. The molecule has 2 fully saturated rings. The van der Waals surface area contributed by atoms with Crippen LogP contribution in [0, 0.1) is 6.92 Å². The molecule has 0 aliphatic carbocycles. The van der Waals surface area contributed by atoms with E-state index in [1.165, 1.54) is 30.9 Å². The SMILES string of the molecule is CSC1CCN(C)C1.Cc1cc(C(F)(F)F)cc(O)c1-c1ccn2nc(N3CCN(C=O)CC3)nc2n1. The normalized spacial score (nSPS) is 18.7. The number of carbonyl (C=O) groups is 1. The van der Waals surface area contributed by atoms with E-state index in [0.29, 0.717) is 43.9 Å². The Hall–Kier alpha value is -3.06. The first-order chi connectivity index (χ1) is 17.6. The Morgan fingerprint density at radius 2 is 1.86 bits per heavy atom. The molecule has 1 N–H and O–H groups in total. The lowest BCUT2D eigenvalue weighted by Gasteiger charge is -2.31. The van der Waals surface area contributed by atoms with Crippen molar-refractivity contribution in [2.75, 3.05) is 57.5 Å². The Kier molecular flexibility index (Phi) is 8.12. The molecule has 0 bridgehead atoms. The Bertz CT molecular complexity index is 1220. The molecule has 3 aromatic rings. The van der Waals surface area contributed by atoms with Crippen LogP contribution in [0.1, 0.15) is 17.5 Å². The Labute approximate surface area is 217 Å². The molecule has 0 saturated carbocycles. The molecular weight excluding hydrogens is 507 g/mol. The number of hydrogen-bond acceptors (Lipinski definition) is 8. The van der Waals surface area contributed by atoms with E-state index in [4.69, 9.17) is 0 Å². The van der Waals surface area contributed by atoms with Crippen LogP contribution in [0.2, 0.25) is 0 Å². The van der Waals surface area contributed by atoms with E-state index < -0.39 is 17.5 Å². The maximum atomic E-state index is 12.9. The average molecular weight is 538 g/mol. The monoisotopic (exact) mass is 537 g/mol. The number of likely N-dealkylation sites (tertiary alicyclic amines) is 1. The Balaban J connectivity index is 0.000000342. The molecule has 1 atom stereocenters. The van der Waals surface area contributed by atoms with Crippen LogP contribution in [0.3, 0.4) is 0 Å². The van der Waals surface area contributed by atoms with Crippen LogP contribution in [0.15, 0.2) is 24.4 Å². The number of anilines is 1. The molecule has 0 spiro atoms. The van der Waals surface area contributed by atoms with E-state index in [1.807, 2.05) is 16.7 Å². The number of phenols is 1. The first-order valence-corrected chi connectivity index (χ1v) is 13.2. The zero-order chi connectivity index (χ0) is 26.7. The van der Waals surface area contributed by atoms with Gasteiger partial charge in [-0.15, -0.1) is 5.10 Å². The van der Waals surface area contributed by atoms with Gasteiger partial charge in [-0.2, -0.15) is 29.9 Å². The molecule has 200 valence electrons. The van der Waals surface area contributed by atoms with Crippen LogP contribution < -0.4 is 4.90 Å². The van der Waals surface area contributed by atoms with Crippen LogP contribution in [0.25, 0.3) is 17.0 Å². The number of benzene rings is 1. The number of aromatic hydroxyl groups is 1. The second-order valence-corrected chi connectivity index (χ2v) is 10.3. The number of rotatable bonds is 4. The second-order valence-electron chi connectivity index (χ2n) is 9.19. The predicted molar refractivity (Wildman–Crippen MR) is 137 cm³/mol. The van der Waals surface area contributed by atoms with E-state index in [2.05, 4.69) is 33.3 Å². The van der Waals surface area contributed by atoms with Crippen LogP contribution >= 0.6 is 11.8 Å². The van der Waals surface area contributed by atoms with Crippen LogP contribution in [-0.4, -0.2) is 98.7 Å². The maximum absolute atomic E-state index is 12.9. The maximum Gasteiger partial charge on any atom is 0.416 e. The lowest BCUT2D eigenvalue weighted by atomic mass is 10.0. The topological polar surface area (TPSA) is 90.1 Å². The zero-order valence-electron chi connectivity index (χ0n) is 20.9. The third kappa shape index (κ3) is 6.27. The van der Waals surface area contributed by atoms with Gasteiger partial charge >= 0.3 is 6.18 Å². The van der Waals surface area contributed by atoms with E-state index in [-0.39, 0.29) is 16.9 Å². The lowest BCUT2D eigenvalue weighted by Crippen LogP contribution is -2.46. The summed E-state index contributed by atoms with van der Waals surface area (Å²) in [7, 11) is 2.19. The summed E-state index contributed by atoms with van der Waals surface area (Å²) in [6.07, 6.45) is 1.43. The highest BCUT2D eigenvalue weighted by molar-refractivity contribution is 7.99. The van der Waals surface area contributed by atoms with Gasteiger partial charge in [0.2, 0.25) is 12.4 Å². The summed E-state index contributed by atoms with van der Waals surface area (Å²) in [6.45, 7) is 6.37. The van der Waals surface area contributed by atoms with Crippen molar-refractivity contribution >= 4 is 29.9 Å². The summed E-state index contributed by atoms with van der Waals surface area (Å²) in [5, 5.41) is 15.5. The summed E-state index contributed by atoms with van der Waals surface area (Å²) in [5.74, 6) is 0.210. The molecule has 5 rings (SSSR count). The van der Waals surface area contributed by atoms with E-state index in [1.54, 1.807) is 17.2 Å². The van der Waals surface area contributed by atoms with Gasteiger partial charge < -0.3 is 19.8 Å². The molecule has 1 unspecified atom stereocenters. The molecule has 9 nitrogen and oxygen atoms in total. The fraction of sp³-hybridized carbons (Fsp3) is 0.500. The van der Waals surface area contributed by atoms with Gasteiger partial charge in [0.1, 0.15) is 5.75 Å². The van der Waals surface area contributed by atoms with Crippen LogP contribution in [0.4, 0.5) is 19.1 Å². The molecule has 2 aliphatic heterocycles. The number of fused-ring (bicyclic) bond motifs is 1. The van der Waals surface area contributed by atoms with Gasteiger partial charge in [0.05, 0.1) is 11.3 Å². The van der Waals surface area contributed by atoms with Gasteiger partial charge in [-0.3, -0.25) is 4.79 Å². The Morgan fingerprint density at radius 1 is 1.14 bits per heavy atom. The van der Waals surface area contributed by atoms with Crippen molar-refractivity contribution in [3.63, 3.8) is 0 Å². The standard InChI is InChI=1S/C18H17F3N6O2.C6H13NS/c1-11-8-12(18(19,20)21)9-14(29)15(11)13-2-3-27-16(22-13)23-17(24-27)26-6-4-25(10-28)5-7-26;1-7-4-3-6(5-7)8-2/h2-3,8-10,29H,4-7H2,1H3;6H,3-5H2,1-2H3. The molecule has 0 radical (unpaired) electrons. The van der Waals surface area contributed by atoms with Crippen molar-refractivity contribution in [3.05, 3.63) is 35.5 Å². The smallest absolute Gasteiger partial charge is 0.416 e. The van der Waals surface area contributed by atoms with E-state index in [9.17, 15) is 23.1 Å². The fourth-order valence-electron chi connectivity index (χ4n) is 4.42. The molecule has 1 amide bonds. The zero-order valence-corrected chi connectivity index (χ0v) is 21.8. The van der Waals surface area contributed by atoms with E-state index >= 15 is 0 Å². The third-order valence-electron chi connectivity index (χ3n) is 6.52. The minimum atomic E-state index is -4.55. The summed E-state index contributed by atoms with van der Waals surface area (Å²) in [4.78, 5) is 25.6. The minimum Gasteiger partial charge on any atom is -0.507 e. The number of aromatic nitrogens is 4. The third-order valence-corrected chi connectivity index (χ3v) is 7.57. The largest absolute Gasteiger partial charge is 0.507 e. The number of nitrogens with zero attached hydrogens (tertiary/aromatic N) is 7. The number of thioether (sulfide) groups is 1. The molecule has 2 saturated heterocycles. The molecule has 13 heteroatoms. The Morgan fingerprint density at radius 3 is 2.41 bits per heavy atom. The van der Waals surface area contributed by atoms with Gasteiger partial charge in [0, 0.05) is 49.7 Å². The number of alkyl halides is 3. The van der Waals surface area contributed by atoms with Crippen molar-refractivity contribution in [2.24, 2.45) is 0 Å². The first-order valence-electron chi connectivity index (χ1n) is 11.9. The van der Waals surface area contributed by atoms with Gasteiger partial charge in [-0.1, -0.05) is 0 Å². The molecule has 2 aromatic heterocycles. The highest BCUT2D eigenvalue weighted by Gasteiger charge is 2.32. The number of amides is 1. The first kappa shape index (κ1) is 27.0. The lowest BCUT2D eigenvalue weighted by molar-refractivity contribution is -0.137. The molecule has 1 aromatic carbocycles. The average Bonchev–Trinajstić information content (AvgIpc) is 3.49. The number of carbonyl (C=O) groups excluding carboxylic acids is 1. The van der Waals surface area contributed by atoms with Crippen molar-refractivity contribution < 1.29 is 23.1 Å². The number of piperazine rings is 1. The highest BCUT2D eigenvalue weighted by atomic mass is 32.2. The number of hydrogen-bond donors (Lipinski definition) is 1. The summed E-state index contributed by atoms with van der Waals surface area (Å²) >= 11 is 1.99. The molecule has 4 heterocycles. The van der Waals surface area contributed by atoms with E-state index in [0.717, 1.165) is 17.7 Å². The minimum absolute atomic E-state index is 0.213. The van der Waals surface area contributed by atoms with Crippen molar-refractivity contribution in [1.29, 1.82) is 0 Å². The number of aryl methyl sites for hydroxylation is 1. The van der Waals surface area contributed by atoms with Gasteiger partial charge in [-0.05, 0) is 57.0 Å². The van der Waals surface area contributed by atoms with Crippen LogP contribution in [0.5, 0.6) is 5.75 Å².